The first kappa shape index (κ1) is 18.9. The molecule has 23 heavy (non-hydrogen) atoms. The summed E-state index contributed by atoms with van der Waals surface area (Å²) in [5.74, 6) is 0.222. The Morgan fingerprint density at radius 2 is 1.91 bits per heavy atom. The topological polar surface area (TPSA) is 30.9 Å². The SMILES string of the molecule is CCC1CN(CCOC)CCC1=C(F)B1OC(C)(C)C(C)(C)O1. The second-order valence-corrected chi connectivity index (χ2v) is 7.61. The maximum atomic E-state index is 15.1. The maximum absolute atomic E-state index is 15.1. The van der Waals surface area contributed by atoms with Crippen molar-refractivity contribution in [2.45, 2.75) is 58.7 Å². The number of halogens is 1. The Hall–Kier alpha value is -0.425. The van der Waals surface area contributed by atoms with E-state index in [2.05, 4.69) is 11.8 Å². The standard InChI is InChI=1S/C17H31BFNO3/c1-7-13-12-20(10-11-21-6)9-8-14(13)15(19)18-22-16(2,3)17(4,5)23-18/h13H,7-12H2,1-6H3. The summed E-state index contributed by atoms with van der Waals surface area (Å²) in [6.45, 7) is 13.3. The van der Waals surface area contributed by atoms with E-state index in [9.17, 15) is 0 Å². The van der Waals surface area contributed by atoms with Crippen LogP contribution in [0.25, 0.3) is 0 Å². The molecular formula is C17H31BFNO3. The molecule has 132 valence electrons. The van der Waals surface area contributed by atoms with E-state index in [4.69, 9.17) is 14.0 Å². The van der Waals surface area contributed by atoms with Gasteiger partial charge in [-0.25, -0.2) is 4.39 Å². The van der Waals surface area contributed by atoms with Gasteiger partial charge in [0.25, 0.3) is 0 Å². The average Bonchev–Trinajstić information content (AvgIpc) is 2.72. The molecule has 2 saturated heterocycles. The zero-order chi connectivity index (χ0) is 17.3. The van der Waals surface area contributed by atoms with Crippen molar-refractivity contribution in [3.63, 3.8) is 0 Å². The molecule has 4 nitrogen and oxygen atoms in total. The minimum Gasteiger partial charge on any atom is -0.398 e. The molecule has 2 aliphatic rings. The van der Waals surface area contributed by atoms with Gasteiger partial charge in [-0.3, -0.25) is 0 Å². The molecule has 0 aromatic carbocycles. The molecule has 0 bridgehead atoms. The van der Waals surface area contributed by atoms with Gasteiger partial charge in [0.2, 0.25) is 0 Å². The first-order valence-electron chi connectivity index (χ1n) is 8.67. The van der Waals surface area contributed by atoms with E-state index in [0.29, 0.717) is 0 Å². The Balaban J connectivity index is 2.11. The van der Waals surface area contributed by atoms with Crippen molar-refractivity contribution in [1.82, 2.24) is 4.90 Å². The third kappa shape index (κ3) is 3.98. The molecule has 2 fully saturated rings. The van der Waals surface area contributed by atoms with Crippen molar-refractivity contribution in [2.24, 2.45) is 5.92 Å². The summed E-state index contributed by atoms with van der Waals surface area (Å²) in [5, 5.41) is 0. The number of methoxy groups -OCH3 is 1. The molecule has 0 aromatic heterocycles. The first-order valence-corrected chi connectivity index (χ1v) is 8.67. The molecule has 1 unspecified atom stereocenters. The van der Waals surface area contributed by atoms with Gasteiger partial charge in [-0.1, -0.05) is 6.92 Å². The summed E-state index contributed by atoms with van der Waals surface area (Å²) in [4.78, 5) is 2.35. The lowest BCUT2D eigenvalue weighted by molar-refractivity contribution is 0.00578. The smallest absolute Gasteiger partial charge is 0.398 e. The normalized spacial score (nSPS) is 29.9. The number of likely N-dealkylation sites (tertiary alicyclic amines) is 1. The molecule has 2 rings (SSSR count). The van der Waals surface area contributed by atoms with E-state index in [-0.39, 0.29) is 11.6 Å². The number of nitrogens with zero attached hydrogens (tertiary/aromatic N) is 1. The average molecular weight is 327 g/mol. The summed E-state index contributed by atoms with van der Waals surface area (Å²) in [5.41, 5.74) is -0.339. The fourth-order valence-electron chi connectivity index (χ4n) is 3.21. The van der Waals surface area contributed by atoms with Crippen molar-refractivity contribution >= 4 is 7.12 Å². The van der Waals surface area contributed by atoms with Crippen LogP contribution >= 0.6 is 0 Å². The van der Waals surface area contributed by atoms with Gasteiger partial charge in [0.15, 0.2) is 0 Å². The van der Waals surface area contributed by atoms with Gasteiger partial charge in [0.1, 0.15) is 5.73 Å². The Kier molecular flexibility index (Phi) is 5.93. The van der Waals surface area contributed by atoms with Crippen LogP contribution in [0.2, 0.25) is 0 Å². The molecule has 0 aromatic rings. The Morgan fingerprint density at radius 1 is 1.30 bits per heavy atom. The van der Waals surface area contributed by atoms with Crippen LogP contribution in [0.5, 0.6) is 0 Å². The highest BCUT2D eigenvalue weighted by Gasteiger charge is 2.53. The zero-order valence-electron chi connectivity index (χ0n) is 15.4. The van der Waals surface area contributed by atoms with E-state index in [1.807, 2.05) is 27.7 Å². The van der Waals surface area contributed by atoms with Crippen LogP contribution < -0.4 is 0 Å². The molecule has 2 aliphatic heterocycles. The van der Waals surface area contributed by atoms with E-state index in [1.54, 1.807) is 7.11 Å². The van der Waals surface area contributed by atoms with Gasteiger partial charge >= 0.3 is 7.12 Å². The Labute approximate surface area is 140 Å². The zero-order valence-corrected chi connectivity index (χ0v) is 15.4. The van der Waals surface area contributed by atoms with Crippen molar-refractivity contribution in [2.75, 3.05) is 33.4 Å². The van der Waals surface area contributed by atoms with E-state index < -0.39 is 18.3 Å². The summed E-state index contributed by atoms with van der Waals surface area (Å²) in [7, 11) is 0.847. The van der Waals surface area contributed by atoms with Gasteiger partial charge in [0.05, 0.1) is 17.8 Å². The number of hydrogen-bond donors (Lipinski definition) is 0. The van der Waals surface area contributed by atoms with Gasteiger partial charge in [-0.05, 0) is 52.0 Å². The molecule has 1 atom stereocenters. The van der Waals surface area contributed by atoms with Gasteiger partial charge in [-0.2, -0.15) is 0 Å². The number of rotatable bonds is 5. The monoisotopic (exact) mass is 327 g/mol. The molecule has 0 amide bonds. The second-order valence-electron chi connectivity index (χ2n) is 7.61. The van der Waals surface area contributed by atoms with Crippen molar-refractivity contribution in [1.29, 1.82) is 0 Å². The van der Waals surface area contributed by atoms with Crippen molar-refractivity contribution < 1.29 is 18.4 Å². The minimum absolute atomic E-state index is 0.207. The molecule has 0 N–H and O–H groups in total. The van der Waals surface area contributed by atoms with E-state index in [1.165, 1.54) is 0 Å². The van der Waals surface area contributed by atoms with Gasteiger partial charge < -0.3 is 18.9 Å². The fourth-order valence-corrected chi connectivity index (χ4v) is 3.21. The predicted molar refractivity (Wildman–Crippen MR) is 90.9 cm³/mol. The fraction of sp³-hybridized carbons (Fsp3) is 0.882. The number of piperidine rings is 1. The van der Waals surface area contributed by atoms with E-state index in [0.717, 1.165) is 44.7 Å². The van der Waals surface area contributed by atoms with Crippen LogP contribution in [0.15, 0.2) is 11.3 Å². The molecule has 2 heterocycles. The van der Waals surface area contributed by atoms with Crippen molar-refractivity contribution in [3.8, 4) is 0 Å². The summed E-state index contributed by atoms with van der Waals surface area (Å²) < 4.78 is 32.0. The molecule has 0 saturated carbocycles. The van der Waals surface area contributed by atoms with Crippen LogP contribution in [0.3, 0.4) is 0 Å². The number of ether oxygens (including phenoxy) is 1. The first-order chi connectivity index (χ1) is 10.7. The minimum atomic E-state index is -0.866. The van der Waals surface area contributed by atoms with Crippen LogP contribution in [0, 0.1) is 5.92 Å². The Morgan fingerprint density at radius 3 is 2.43 bits per heavy atom. The molecule has 0 radical (unpaired) electrons. The maximum Gasteiger partial charge on any atom is 0.525 e. The van der Waals surface area contributed by atoms with Crippen LogP contribution in [0.1, 0.15) is 47.5 Å². The van der Waals surface area contributed by atoms with Crippen LogP contribution in [-0.2, 0) is 14.0 Å². The largest absolute Gasteiger partial charge is 0.525 e. The summed E-state index contributed by atoms with van der Waals surface area (Å²) >= 11 is 0. The molecular weight excluding hydrogens is 296 g/mol. The third-order valence-corrected chi connectivity index (χ3v) is 5.54. The van der Waals surface area contributed by atoms with Crippen LogP contribution in [-0.4, -0.2) is 56.6 Å². The highest BCUT2D eigenvalue weighted by atomic mass is 19.1. The van der Waals surface area contributed by atoms with E-state index >= 15 is 4.39 Å². The Bertz CT molecular complexity index is 437. The lowest BCUT2D eigenvalue weighted by Gasteiger charge is -2.34. The highest BCUT2D eigenvalue weighted by molar-refractivity contribution is 6.53. The highest BCUT2D eigenvalue weighted by Crippen LogP contribution is 2.41. The molecule has 0 aliphatic carbocycles. The van der Waals surface area contributed by atoms with Crippen LogP contribution in [0.4, 0.5) is 4.39 Å². The number of hydrogen-bond acceptors (Lipinski definition) is 4. The van der Waals surface area contributed by atoms with Gasteiger partial charge in [0, 0.05) is 26.7 Å². The molecule has 0 spiro atoms. The second kappa shape index (κ2) is 7.22. The summed E-state index contributed by atoms with van der Waals surface area (Å²) in [6, 6.07) is 0. The summed E-state index contributed by atoms with van der Waals surface area (Å²) in [6.07, 6.45) is 1.66. The lowest BCUT2D eigenvalue weighted by Crippen LogP contribution is -2.41. The van der Waals surface area contributed by atoms with Crippen molar-refractivity contribution in [3.05, 3.63) is 11.3 Å². The lowest BCUT2D eigenvalue weighted by atomic mass is 9.77. The third-order valence-electron chi connectivity index (χ3n) is 5.54. The van der Waals surface area contributed by atoms with Gasteiger partial charge in [-0.15, -0.1) is 0 Å². The quantitative estimate of drug-likeness (QED) is 0.726. The molecule has 6 heteroatoms. The predicted octanol–water partition coefficient (Wildman–Crippen LogP) is 3.22.